The van der Waals surface area contributed by atoms with E-state index in [0.29, 0.717) is 24.1 Å². The van der Waals surface area contributed by atoms with Crippen molar-refractivity contribution in [3.63, 3.8) is 0 Å². The van der Waals surface area contributed by atoms with Crippen LogP contribution in [0.3, 0.4) is 0 Å². The van der Waals surface area contributed by atoms with Crippen molar-refractivity contribution in [3.05, 3.63) is 35.6 Å². The highest BCUT2D eigenvalue weighted by molar-refractivity contribution is 5.78. The van der Waals surface area contributed by atoms with Gasteiger partial charge in [-0.15, -0.1) is 0 Å². The Labute approximate surface area is 139 Å². The second-order valence-corrected chi connectivity index (χ2v) is 7.61. The molecule has 0 bridgehead atoms. The molecule has 0 saturated heterocycles. The molecule has 1 aliphatic rings. The van der Waals surface area contributed by atoms with Gasteiger partial charge in [0.05, 0.1) is 6.54 Å². The van der Waals surface area contributed by atoms with Gasteiger partial charge in [0, 0.05) is 18.2 Å². The lowest BCUT2D eigenvalue weighted by atomic mass is 9.69. The average molecular weight is 320 g/mol. The van der Waals surface area contributed by atoms with Gasteiger partial charge in [-0.3, -0.25) is 4.79 Å². The molecule has 0 aliphatic heterocycles. The van der Waals surface area contributed by atoms with E-state index in [0.717, 1.165) is 6.42 Å². The lowest BCUT2D eigenvalue weighted by Gasteiger charge is -2.40. The third kappa shape index (κ3) is 5.31. The molecule has 1 aliphatic carbocycles. The number of hydrogen-bond acceptors (Lipinski definition) is 2. The van der Waals surface area contributed by atoms with Crippen LogP contribution in [0.5, 0.6) is 0 Å². The van der Waals surface area contributed by atoms with Crippen LogP contribution in [0.15, 0.2) is 24.3 Å². The van der Waals surface area contributed by atoms with Gasteiger partial charge in [-0.2, -0.15) is 0 Å². The molecule has 1 saturated carbocycles. The first-order valence-corrected chi connectivity index (χ1v) is 8.61. The van der Waals surface area contributed by atoms with E-state index in [9.17, 15) is 9.18 Å². The van der Waals surface area contributed by atoms with E-state index in [1.54, 1.807) is 18.2 Å². The Balaban J connectivity index is 1.80. The van der Waals surface area contributed by atoms with E-state index in [1.165, 1.54) is 25.3 Å². The molecular formula is C19H29FN2O. The summed E-state index contributed by atoms with van der Waals surface area (Å²) in [7, 11) is 0. The van der Waals surface area contributed by atoms with E-state index in [2.05, 4.69) is 31.4 Å². The van der Waals surface area contributed by atoms with Crippen LogP contribution in [0.4, 0.5) is 4.39 Å². The second kappa shape index (κ2) is 7.91. The summed E-state index contributed by atoms with van der Waals surface area (Å²) in [6.45, 7) is 7.36. The Morgan fingerprint density at radius 1 is 1.22 bits per heavy atom. The Kier molecular flexibility index (Phi) is 6.17. The quantitative estimate of drug-likeness (QED) is 0.870. The van der Waals surface area contributed by atoms with E-state index < -0.39 is 0 Å². The molecule has 128 valence electrons. The van der Waals surface area contributed by atoms with Gasteiger partial charge >= 0.3 is 0 Å². The van der Waals surface area contributed by atoms with Crippen molar-refractivity contribution in [2.75, 3.05) is 6.54 Å². The molecular weight excluding hydrogens is 291 g/mol. The van der Waals surface area contributed by atoms with Crippen LogP contribution >= 0.6 is 0 Å². The first kappa shape index (κ1) is 17.9. The van der Waals surface area contributed by atoms with Crippen molar-refractivity contribution in [1.82, 2.24) is 10.6 Å². The molecule has 2 rings (SSSR count). The van der Waals surface area contributed by atoms with Gasteiger partial charge in [0.15, 0.2) is 0 Å². The van der Waals surface area contributed by atoms with Crippen LogP contribution in [-0.2, 0) is 11.3 Å². The number of rotatable bonds is 5. The lowest BCUT2D eigenvalue weighted by molar-refractivity contribution is -0.120. The topological polar surface area (TPSA) is 41.1 Å². The molecule has 1 aromatic carbocycles. The van der Waals surface area contributed by atoms with Crippen molar-refractivity contribution in [2.24, 2.45) is 11.3 Å². The number of benzene rings is 1. The monoisotopic (exact) mass is 320 g/mol. The standard InChI is InChI=1S/C19H29FN2O/c1-19(2,3)15-9-5-7-11-17(15)21-13-18(23)22-12-14-8-4-6-10-16(14)20/h4,6,8,10,15,17,21H,5,7,9,11-13H2,1-3H3,(H,22,23). The molecule has 0 spiro atoms. The Hall–Kier alpha value is -1.42. The number of nitrogens with one attached hydrogen (secondary N) is 2. The minimum Gasteiger partial charge on any atom is -0.351 e. The minimum atomic E-state index is -0.277. The van der Waals surface area contributed by atoms with Crippen molar-refractivity contribution in [1.29, 1.82) is 0 Å². The highest BCUT2D eigenvalue weighted by Gasteiger charge is 2.33. The van der Waals surface area contributed by atoms with Gasteiger partial charge in [-0.05, 0) is 30.2 Å². The zero-order chi connectivity index (χ0) is 16.9. The zero-order valence-electron chi connectivity index (χ0n) is 14.5. The summed E-state index contributed by atoms with van der Waals surface area (Å²) < 4.78 is 13.5. The van der Waals surface area contributed by atoms with Crippen LogP contribution in [-0.4, -0.2) is 18.5 Å². The summed E-state index contributed by atoms with van der Waals surface area (Å²) in [5.74, 6) is 0.239. The maximum atomic E-state index is 13.5. The number of hydrogen-bond donors (Lipinski definition) is 2. The first-order valence-electron chi connectivity index (χ1n) is 8.61. The summed E-state index contributed by atoms with van der Waals surface area (Å²) in [5, 5.41) is 6.21. The number of amides is 1. The van der Waals surface area contributed by atoms with Gasteiger partial charge in [0.2, 0.25) is 5.91 Å². The molecule has 23 heavy (non-hydrogen) atoms. The fraction of sp³-hybridized carbons (Fsp3) is 0.632. The smallest absolute Gasteiger partial charge is 0.234 e. The fourth-order valence-electron chi connectivity index (χ4n) is 3.53. The third-order valence-electron chi connectivity index (χ3n) is 4.84. The molecule has 4 heteroatoms. The van der Waals surface area contributed by atoms with Crippen molar-refractivity contribution < 1.29 is 9.18 Å². The first-order chi connectivity index (χ1) is 10.9. The average Bonchev–Trinajstić information content (AvgIpc) is 2.51. The molecule has 1 fully saturated rings. The van der Waals surface area contributed by atoms with Crippen LogP contribution in [0, 0.1) is 17.2 Å². The second-order valence-electron chi connectivity index (χ2n) is 7.61. The van der Waals surface area contributed by atoms with E-state index in [-0.39, 0.29) is 23.7 Å². The predicted octanol–water partition coefficient (Wildman–Crippen LogP) is 3.64. The molecule has 0 aromatic heterocycles. The van der Waals surface area contributed by atoms with Gasteiger partial charge < -0.3 is 10.6 Å². The molecule has 1 aromatic rings. The number of halogens is 1. The molecule has 3 nitrogen and oxygen atoms in total. The predicted molar refractivity (Wildman–Crippen MR) is 91.5 cm³/mol. The van der Waals surface area contributed by atoms with Crippen LogP contribution in [0.25, 0.3) is 0 Å². The summed E-state index contributed by atoms with van der Waals surface area (Å²) in [4.78, 5) is 12.0. The van der Waals surface area contributed by atoms with E-state index in [4.69, 9.17) is 0 Å². The normalized spacial score (nSPS) is 21.9. The molecule has 2 unspecified atom stereocenters. The number of carbonyl (C=O) groups excluding carboxylic acids is 1. The van der Waals surface area contributed by atoms with Gasteiger partial charge in [-0.25, -0.2) is 4.39 Å². The Morgan fingerprint density at radius 3 is 2.61 bits per heavy atom. The molecule has 0 heterocycles. The third-order valence-corrected chi connectivity index (χ3v) is 4.84. The summed E-state index contributed by atoms with van der Waals surface area (Å²) in [5.41, 5.74) is 0.771. The Morgan fingerprint density at radius 2 is 1.91 bits per heavy atom. The Bertz CT molecular complexity index is 524. The number of carbonyl (C=O) groups is 1. The summed E-state index contributed by atoms with van der Waals surface area (Å²) in [6.07, 6.45) is 4.85. The van der Waals surface area contributed by atoms with Gasteiger partial charge in [-0.1, -0.05) is 51.8 Å². The van der Waals surface area contributed by atoms with E-state index >= 15 is 0 Å². The summed E-state index contributed by atoms with van der Waals surface area (Å²) in [6, 6.07) is 6.93. The SMILES string of the molecule is CC(C)(C)C1CCCCC1NCC(=O)NCc1ccccc1F. The highest BCUT2D eigenvalue weighted by atomic mass is 19.1. The molecule has 1 amide bonds. The molecule has 2 atom stereocenters. The van der Waals surface area contributed by atoms with E-state index in [1.807, 2.05) is 0 Å². The van der Waals surface area contributed by atoms with Crippen molar-refractivity contribution >= 4 is 5.91 Å². The van der Waals surface area contributed by atoms with Crippen LogP contribution < -0.4 is 10.6 Å². The zero-order valence-corrected chi connectivity index (χ0v) is 14.5. The highest BCUT2D eigenvalue weighted by Crippen LogP contribution is 2.37. The van der Waals surface area contributed by atoms with Crippen LogP contribution in [0.1, 0.15) is 52.0 Å². The largest absolute Gasteiger partial charge is 0.351 e. The van der Waals surface area contributed by atoms with Crippen molar-refractivity contribution in [3.8, 4) is 0 Å². The molecule has 0 radical (unpaired) electrons. The fourth-order valence-corrected chi connectivity index (χ4v) is 3.53. The molecule has 2 N–H and O–H groups in total. The maximum Gasteiger partial charge on any atom is 0.234 e. The van der Waals surface area contributed by atoms with Gasteiger partial charge in [0.25, 0.3) is 0 Å². The van der Waals surface area contributed by atoms with Gasteiger partial charge in [0.1, 0.15) is 5.82 Å². The van der Waals surface area contributed by atoms with Crippen molar-refractivity contribution in [2.45, 2.75) is 59.0 Å². The summed E-state index contributed by atoms with van der Waals surface area (Å²) >= 11 is 0. The maximum absolute atomic E-state index is 13.5. The minimum absolute atomic E-state index is 0.0773. The lowest BCUT2D eigenvalue weighted by Crippen LogP contribution is -2.47. The van der Waals surface area contributed by atoms with Crippen LogP contribution in [0.2, 0.25) is 0 Å².